The average Bonchev–Trinajstić information content (AvgIpc) is 3.41. The van der Waals surface area contributed by atoms with Gasteiger partial charge in [0.2, 0.25) is 5.95 Å². The summed E-state index contributed by atoms with van der Waals surface area (Å²) in [5.74, 6) is 0.592. The second-order valence-corrected chi connectivity index (χ2v) is 8.36. The van der Waals surface area contributed by atoms with Crippen molar-refractivity contribution in [2.45, 2.75) is 32.2 Å². The molecule has 0 saturated heterocycles. The molecular formula is C24H25N7O2. The number of amides is 2. The number of benzene rings is 2. The van der Waals surface area contributed by atoms with E-state index in [4.69, 9.17) is 4.98 Å². The number of fused-ring (bicyclic) bond motifs is 5. The van der Waals surface area contributed by atoms with Gasteiger partial charge in [-0.3, -0.25) is 19.6 Å². The van der Waals surface area contributed by atoms with E-state index >= 15 is 0 Å². The summed E-state index contributed by atoms with van der Waals surface area (Å²) in [6, 6.07) is 12.6. The van der Waals surface area contributed by atoms with Gasteiger partial charge >= 0.3 is 0 Å². The van der Waals surface area contributed by atoms with E-state index in [1.54, 1.807) is 35.3 Å². The summed E-state index contributed by atoms with van der Waals surface area (Å²) >= 11 is 0. The summed E-state index contributed by atoms with van der Waals surface area (Å²) in [5, 5.41) is 10.4. The van der Waals surface area contributed by atoms with Crippen molar-refractivity contribution in [3.8, 4) is 11.4 Å². The first-order valence-corrected chi connectivity index (χ1v) is 11.1. The summed E-state index contributed by atoms with van der Waals surface area (Å²) in [4.78, 5) is 34.8. The molecule has 1 aliphatic rings. The summed E-state index contributed by atoms with van der Waals surface area (Å²) < 4.78 is 3.74. The molecule has 0 fully saturated rings. The third-order valence-corrected chi connectivity index (χ3v) is 5.94. The molecule has 9 heteroatoms. The fourth-order valence-corrected chi connectivity index (χ4v) is 4.28. The number of aromatic nitrogens is 5. The molecule has 1 unspecified atom stereocenters. The largest absolute Gasteiger partial charge is 0.352 e. The fraction of sp³-hybridized carbons (Fsp3) is 0.292. The Morgan fingerprint density at radius 3 is 2.61 bits per heavy atom. The van der Waals surface area contributed by atoms with Crippen LogP contribution in [0.1, 0.15) is 52.9 Å². The zero-order chi connectivity index (χ0) is 22.9. The second-order valence-electron chi connectivity index (χ2n) is 8.36. The van der Waals surface area contributed by atoms with Gasteiger partial charge in [0, 0.05) is 36.3 Å². The Morgan fingerprint density at radius 1 is 1.03 bits per heavy atom. The van der Waals surface area contributed by atoms with E-state index in [0.717, 1.165) is 35.9 Å². The Hall–Kier alpha value is -4.01. The molecule has 1 aliphatic heterocycles. The quantitative estimate of drug-likeness (QED) is 0.468. The molecule has 1 atom stereocenters. The Labute approximate surface area is 190 Å². The van der Waals surface area contributed by atoms with Crippen molar-refractivity contribution in [3.05, 3.63) is 59.9 Å². The Morgan fingerprint density at radius 2 is 1.82 bits per heavy atom. The van der Waals surface area contributed by atoms with Crippen LogP contribution < -0.4 is 10.6 Å². The lowest BCUT2D eigenvalue weighted by Crippen LogP contribution is -2.25. The Bertz CT molecular complexity index is 1350. The van der Waals surface area contributed by atoms with Gasteiger partial charge in [-0.1, -0.05) is 12.1 Å². The molecule has 2 aromatic heterocycles. The van der Waals surface area contributed by atoms with Crippen LogP contribution >= 0.6 is 0 Å². The third-order valence-electron chi connectivity index (χ3n) is 5.94. The highest BCUT2D eigenvalue weighted by molar-refractivity contribution is 6.06. The molecule has 2 bridgehead atoms. The monoisotopic (exact) mass is 443 g/mol. The van der Waals surface area contributed by atoms with E-state index in [1.165, 1.54) is 0 Å². The van der Waals surface area contributed by atoms with E-state index < -0.39 is 0 Å². The summed E-state index contributed by atoms with van der Waals surface area (Å²) in [7, 11) is 1.83. The average molecular weight is 444 g/mol. The zero-order valence-electron chi connectivity index (χ0n) is 18.6. The fourth-order valence-electron chi connectivity index (χ4n) is 4.28. The van der Waals surface area contributed by atoms with Crippen LogP contribution in [0.3, 0.4) is 0 Å². The lowest BCUT2D eigenvalue weighted by Gasteiger charge is -2.19. The van der Waals surface area contributed by atoms with Gasteiger partial charge in [0.05, 0.1) is 11.0 Å². The number of carbonyl (C=O) groups excluding carboxylic acids is 2. The molecule has 2 aromatic carbocycles. The second kappa shape index (κ2) is 8.50. The topological polar surface area (TPSA) is 107 Å². The minimum Gasteiger partial charge on any atom is -0.352 e. The summed E-state index contributed by atoms with van der Waals surface area (Å²) in [5.41, 5.74) is 3.38. The molecule has 3 heterocycles. The van der Waals surface area contributed by atoms with Crippen LogP contribution in [0, 0.1) is 0 Å². The first kappa shape index (κ1) is 20.9. The van der Waals surface area contributed by atoms with Crippen LogP contribution in [-0.4, -0.2) is 42.7 Å². The minimum absolute atomic E-state index is 0.0557. The minimum atomic E-state index is -0.317. The first-order chi connectivity index (χ1) is 16.0. The van der Waals surface area contributed by atoms with Gasteiger partial charge in [-0.25, -0.2) is 9.97 Å². The maximum Gasteiger partial charge on any atom is 0.257 e. The number of aryl methyl sites for hydroxylation is 1. The van der Waals surface area contributed by atoms with Crippen molar-refractivity contribution in [1.82, 2.24) is 29.6 Å². The van der Waals surface area contributed by atoms with Crippen LogP contribution in [0.2, 0.25) is 0 Å². The van der Waals surface area contributed by atoms with E-state index in [-0.39, 0.29) is 17.9 Å². The molecule has 0 radical (unpaired) electrons. The standard InChI is InChI=1S/C24H25N7O2/c1-15-7-3-4-12-25-22(32)16-8-5-9-17(13-16)23(33)28-24-27-19-11-6-10-18(20(19)31(15)24)21-26-14-30(2)29-21/h5-6,8-11,13-15H,3-4,7,12H2,1-2H3,(H,25,32)(H,27,28,33). The van der Waals surface area contributed by atoms with Crippen LogP contribution in [-0.2, 0) is 7.05 Å². The number of nitrogens with zero attached hydrogens (tertiary/aromatic N) is 5. The first-order valence-electron chi connectivity index (χ1n) is 11.1. The SMILES string of the molecule is CC1CCCCNC(=O)c2cccc(c2)C(=O)Nc2nc3cccc(-c4ncn(C)n4)c3n21. The molecule has 33 heavy (non-hydrogen) atoms. The lowest BCUT2D eigenvalue weighted by atomic mass is 10.1. The van der Waals surface area contributed by atoms with E-state index in [1.807, 2.05) is 25.2 Å². The number of nitrogens with one attached hydrogen (secondary N) is 2. The number of hydrogen-bond donors (Lipinski definition) is 2. The van der Waals surface area contributed by atoms with E-state index in [2.05, 4.69) is 32.2 Å². The number of imidazole rings is 1. The van der Waals surface area contributed by atoms with Crippen molar-refractivity contribution in [3.63, 3.8) is 0 Å². The Balaban J connectivity index is 1.65. The number of para-hydroxylation sites is 1. The van der Waals surface area contributed by atoms with Crippen LogP contribution in [0.25, 0.3) is 22.4 Å². The van der Waals surface area contributed by atoms with Gasteiger partial charge in [-0.15, -0.1) is 0 Å². The van der Waals surface area contributed by atoms with Crippen molar-refractivity contribution in [2.75, 3.05) is 11.9 Å². The normalized spacial score (nSPS) is 17.2. The predicted molar refractivity (Wildman–Crippen MR) is 125 cm³/mol. The van der Waals surface area contributed by atoms with Gasteiger partial charge in [-0.05, 0) is 56.5 Å². The highest BCUT2D eigenvalue weighted by Crippen LogP contribution is 2.33. The van der Waals surface area contributed by atoms with Gasteiger partial charge < -0.3 is 9.88 Å². The van der Waals surface area contributed by atoms with Gasteiger partial charge in [-0.2, -0.15) is 5.10 Å². The smallest absolute Gasteiger partial charge is 0.257 e. The van der Waals surface area contributed by atoms with Gasteiger partial charge in [0.25, 0.3) is 11.8 Å². The van der Waals surface area contributed by atoms with Crippen molar-refractivity contribution in [1.29, 1.82) is 0 Å². The molecule has 2 N–H and O–H groups in total. The van der Waals surface area contributed by atoms with Crippen molar-refractivity contribution >= 4 is 28.8 Å². The summed E-state index contributed by atoms with van der Waals surface area (Å²) in [6.07, 6.45) is 4.30. The van der Waals surface area contributed by atoms with Crippen molar-refractivity contribution < 1.29 is 9.59 Å². The van der Waals surface area contributed by atoms with Crippen LogP contribution in [0.5, 0.6) is 0 Å². The molecule has 9 nitrogen and oxygen atoms in total. The molecular weight excluding hydrogens is 418 g/mol. The zero-order valence-corrected chi connectivity index (χ0v) is 18.6. The molecule has 0 saturated carbocycles. The Kier molecular flexibility index (Phi) is 5.37. The van der Waals surface area contributed by atoms with Crippen molar-refractivity contribution in [2.24, 2.45) is 7.05 Å². The number of carbonyl (C=O) groups is 2. The third kappa shape index (κ3) is 3.97. The number of hydrogen-bond acceptors (Lipinski definition) is 5. The number of rotatable bonds is 1. The molecule has 4 aromatic rings. The molecule has 0 aliphatic carbocycles. The molecule has 168 valence electrons. The molecule has 2 amide bonds. The van der Waals surface area contributed by atoms with E-state index in [0.29, 0.717) is 29.4 Å². The summed E-state index contributed by atoms with van der Waals surface area (Å²) in [6.45, 7) is 2.70. The predicted octanol–water partition coefficient (Wildman–Crippen LogP) is 3.56. The maximum atomic E-state index is 13.1. The highest BCUT2D eigenvalue weighted by atomic mass is 16.2. The lowest BCUT2D eigenvalue weighted by molar-refractivity contribution is 0.0953. The van der Waals surface area contributed by atoms with E-state index in [9.17, 15) is 9.59 Å². The maximum absolute atomic E-state index is 13.1. The van der Waals surface area contributed by atoms with Crippen LogP contribution in [0.4, 0.5) is 5.95 Å². The molecule has 0 spiro atoms. The number of anilines is 1. The van der Waals surface area contributed by atoms with Gasteiger partial charge in [0.1, 0.15) is 6.33 Å². The van der Waals surface area contributed by atoms with Gasteiger partial charge in [0.15, 0.2) is 5.82 Å². The van der Waals surface area contributed by atoms with Crippen LogP contribution in [0.15, 0.2) is 48.8 Å². The highest BCUT2D eigenvalue weighted by Gasteiger charge is 2.23. The molecule has 5 rings (SSSR count).